The van der Waals surface area contributed by atoms with E-state index >= 15 is 0 Å². The number of aliphatic hydroxyl groups excluding tert-OH is 3. The van der Waals surface area contributed by atoms with Gasteiger partial charge in [0.1, 0.15) is 47.3 Å². The van der Waals surface area contributed by atoms with Gasteiger partial charge in [-0.25, -0.2) is 0 Å². The van der Waals surface area contributed by atoms with Gasteiger partial charge in [0.2, 0.25) is 0 Å². The molecule has 5 rings (SSSR count). The Balaban J connectivity index is -0.000000127. The van der Waals surface area contributed by atoms with Crippen molar-refractivity contribution in [1.29, 1.82) is 0 Å². The quantitative estimate of drug-likeness (QED) is 0.0689. The molecule has 0 radical (unpaired) electrons. The van der Waals surface area contributed by atoms with Gasteiger partial charge in [0, 0.05) is 128 Å². The van der Waals surface area contributed by atoms with Crippen molar-refractivity contribution in [2.24, 2.45) is 76.9 Å². The Bertz CT molecular complexity index is 1600. The van der Waals surface area contributed by atoms with Crippen LogP contribution in [0.15, 0.2) is 0 Å². The van der Waals surface area contributed by atoms with Gasteiger partial charge in [-0.05, 0) is 153 Å². The molecule has 13 heteroatoms. The van der Waals surface area contributed by atoms with Crippen LogP contribution in [0.5, 0.6) is 0 Å². The number of carbonyl (C=O) groups is 8. The zero-order chi connectivity index (χ0) is 74.0. The number of carbonyl (C=O) groups excluding carboxylic acids is 8. The third-order valence-corrected chi connectivity index (χ3v) is 19.4. The van der Waals surface area contributed by atoms with Crippen molar-refractivity contribution in [3.63, 3.8) is 0 Å². The van der Waals surface area contributed by atoms with Crippen molar-refractivity contribution in [2.75, 3.05) is 6.61 Å². The van der Waals surface area contributed by atoms with Gasteiger partial charge in [-0.15, -0.1) is 5.92 Å². The van der Waals surface area contributed by atoms with E-state index in [0.29, 0.717) is 89.5 Å². The van der Waals surface area contributed by atoms with Crippen molar-refractivity contribution < 1.29 is 95.8 Å². The monoisotopic (exact) mass is 1700 g/mol. The summed E-state index contributed by atoms with van der Waals surface area (Å²) in [4.78, 5) is 88.1. The molecule has 13 atom stereocenters. The van der Waals surface area contributed by atoms with E-state index in [9.17, 15) is 38.4 Å². The van der Waals surface area contributed by atoms with Gasteiger partial charge in [0.05, 0.1) is 12.2 Å². The summed E-state index contributed by atoms with van der Waals surface area (Å²) >= 11 is 0. The fraction of sp³-hybridized carbons (Fsp3) is 0.892. The summed E-state index contributed by atoms with van der Waals surface area (Å²) in [5.74, 6) is 7.83. The maximum atomic E-state index is 12.4. The first-order valence-electron chi connectivity index (χ1n) is 39.5. The van der Waals surface area contributed by atoms with Crippen LogP contribution in [0.2, 0.25) is 0 Å². The van der Waals surface area contributed by atoms with E-state index < -0.39 is 0 Å². The van der Waals surface area contributed by atoms with E-state index in [1.165, 1.54) is 57.8 Å². The Morgan fingerprint density at radius 1 is 0.417 bits per heavy atom. The molecule has 11 nitrogen and oxygen atoms in total. The second-order valence-corrected chi connectivity index (χ2v) is 27.5. The number of rotatable bonds is 22. The Morgan fingerprint density at radius 2 is 0.667 bits per heavy atom. The van der Waals surface area contributed by atoms with Gasteiger partial charge in [-0.1, -0.05) is 223 Å². The summed E-state index contributed by atoms with van der Waals surface area (Å²) in [6.07, 6.45) is 38.1. The Hall–Kier alpha value is -1.38. The van der Waals surface area contributed by atoms with Crippen molar-refractivity contribution in [3.05, 3.63) is 6.92 Å². The minimum atomic E-state index is -0.0695. The summed E-state index contributed by atoms with van der Waals surface area (Å²) in [7, 11) is 0. The molecule has 574 valence electrons. The summed E-state index contributed by atoms with van der Waals surface area (Å²) in [5.41, 5.74) is 0. The van der Waals surface area contributed by atoms with Crippen molar-refractivity contribution >= 4 is 47.3 Å². The maximum Gasteiger partial charge on any atom is 0.139 e. The molecule has 13 unspecified atom stereocenters. The zero-order valence-corrected chi connectivity index (χ0v) is 73.3. The van der Waals surface area contributed by atoms with Gasteiger partial charge >= 0.3 is 0 Å². The first-order valence-corrected chi connectivity index (χ1v) is 39.5. The van der Waals surface area contributed by atoms with Gasteiger partial charge in [-0.2, -0.15) is 0 Å². The minimum absolute atomic E-state index is 0. The van der Waals surface area contributed by atoms with Gasteiger partial charge in [0.15, 0.2) is 0 Å². The van der Waals surface area contributed by atoms with E-state index in [1.807, 2.05) is 48.5 Å². The van der Waals surface area contributed by atoms with Crippen LogP contribution < -0.4 is 0 Å². The van der Waals surface area contributed by atoms with Gasteiger partial charge in [-0.3, -0.25) is 24.0 Å². The number of hydrogen-bond donors (Lipinski definition) is 3. The fourth-order valence-corrected chi connectivity index (χ4v) is 11.6. The predicted molar refractivity (Wildman–Crippen MR) is 404 cm³/mol. The molecule has 0 amide bonds. The Morgan fingerprint density at radius 3 is 0.854 bits per heavy atom. The zero-order valence-electron chi connectivity index (χ0n) is 67.4. The van der Waals surface area contributed by atoms with Crippen LogP contribution in [0, 0.1) is 83.9 Å². The number of aliphatic hydroxyl groups is 3. The van der Waals surface area contributed by atoms with Gasteiger partial charge < -0.3 is 36.6 Å². The topological polar surface area (TPSA) is 197 Å². The molecule has 5 saturated carbocycles. The van der Waals surface area contributed by atoms with E-state index in [-0.39, 0.29) is 96.5 Å². The largest absolute Gasteiger partial charge is 0.397 e. The summed E-state index contributed by atoms with van der Waals surface area (Å²) in [5, 5.41) is 25.4. The predicted octanol–water partition coefficient (Wildman–Crippen LogP) is 22.4. The first kappa shape index (κ1) is 113. The number of hydrogen-bond acceptors (Lipinski definition) is 11. The van der Waals surface area contributed by atoms with Crippen LogP contribution in [0.25, 0.3) is 0 Å². The molecule has 96 heavy (non-hydrogen) atoms. The van der Waals surface area contributed by atoms with E-state index in [0.717, 1.165) is 166 Å². The molecule has 0 spiro atoms. The Kier molecular flexibility index (Phi) is 95.4. The van der Waals surface area contributed by atoms with Crippen molar-refractivity contribution in [1.82, 2.24) is 0 Å². The maximum absolute atomic E-state index is 12.4. The molecule has 0 aromatic rings. The molecule has 3 N–H and O–H groups in total. The summed E-state index contributed by atoms with van der Waals surface area (Å²) in [6, 6.07) is 0. The molecule has 0 aromatic carbocycles. The molecule has 0 saturated heterocycles. The van der Waals surface area contributed by atoms with Crippen LogP contribution in [-0.4, -0.2) is 81.4 Å². The van der Waals surface area contributed by atoms with Crippen LogP contribution in [0.1, 0.15) is 384 Å². The normalized spacial score (nSPS) is 23.1. The Labute approximate surface area is 625 Å². The van der Waals surface area contributed by atoms with Crippen LogP contribution >= 0.6 is 0 Å². The third-order valence-electron chi connectivity index (χ3n) is 19.4. The molecule has 0 aromatic heterocycles. The molecule has 0 aliphatic heterocycles. The SMILES string of the molecule is CCC.CCC(=O)CC(C)CC.CCC(C)CC.CCC(C)CC(O)CC.CCC(O)CC.CCC1CCCC(CC)C1=O.CCC1CCCC(CC)C1=O.CCC1CCCC(CC2CCCC(CC)C2=O)C1=O.CCC=O.CCC=O.CCO.[CH2-]C1CCCC(C)C1=O.[W].[W]. The van der Waals surface area contributed by atoms with E-state index in [2.05, 4.69) is 111 Å². The average Bonchev–Trinajstić information content (AvgIpc) is 0.907. The minimum Gasteiger partial charge on any atom is -0.397 e. The summed E-state index contributed by atoms with van der Waals surface area (Å²) in [6.45, 7) is 51.5. The molecular formula is C83H163O11W2-. The molecule has 5 fully saturated rings. The molecule has 0 bridgehead atoms. The molecule has 5 aliphatic carbocycles. The molecule has 0 heterocycles. The smallest absolute Gasteiger partial charge is 0.139 e. The first-order chi connectivity index (χ1) is 44.6. The molecular weight excluding hydrogens is 1540 g/mol. The second kappa shape index (κ2) is 80.9. The van der Waals surface area contributed by atoms with Crippen LogP contribution in [0.4, 0.5) is 0 Å². The van der Waals surface area contributed by atoms with Crippen molar-refractivity contribution in [2.45, 2.75) is 396 Å². The molecule has 5 aliphatic rings. The average molecular weight is 1700 g/mol. The third kappa shape index (κ3) is 63.5. The van der Waals surface area contributed by atoms with Crippen molar-refractivity contribution in [3.8, 4) is 0 Å². The number of Topliss-reactive ketones (excluding diaryl/α,β-unsaturated/α-hetero) is 6. The van der Waals surface area contributed by atoms with Crippen LogP contribution in [-0.2, 0) is 80.5 Å². The van der Waals surface area contributed by atoms with Crippen LogP contribution in [0.3, 0.4) is 0 Å². The van der Waals surface area contributed by atoms with Gasteiger partial charge in [0.25, 0.3) is 0 Å². The number of ketones is 6. The van der Waals surface area contributed by atoms with E-state index in [4.69, 9.17) is 15.3 Å². The fourth-order valence-electron chi connectivity index (χ4n) is 11.6. The summed E-state index contributed by atoms with van der Waals surface area (Å²) < 4.78 is 0. The standard InChI is InChI=1S/C17H28O2.2C10H18O.C8H13O.C8H18O.C8H16O.C6H14.C5H12O.2C3H6O.C3H8.C2H6O.2W/c1-3-12-7-5-9-14(16(12)18)11-15-10-6-8-13(4-2)17(15)19;2*1-3-8-6-5-7-9(4-2)10(8)11;1-6-4-3-5-7(2)8(6)9;2*1-4-7(3)6-8(9)5-2;1-4-6(3)5-2;1-3-5(6)4-2;2*1-2-3-4;1-3-2;1-2-3;;/h12-15H,3-11H2,1-2H3;2*8-9H,3-7H2,1-2H3;6-7H,1,3-5H2,2H3;7-9H,4-6H2,1-3H3;7H,4-6H2,1-3H3;6H,4-5H2,1-3H3;5-6H,3-4H2,1-2H3;2*3H,2H2,1H3;3H2,1-2H3;3H,2H2,1H3;;/q;;;-1;;;;;;;;;;. The van der Waals surface area contributed by atoms with E-state index in [1.54, 1.807) is 6.92 Å². The second-order valence-electron chi connectivity index (χ2n) is 27.5. The number of aldehydes is 2.